The first kappa shape index (κ1) is 14.5. The van der Waals surface area contributed by atoms with E-state index in [-0.39, 0.29) is 5.60 Å². The molecule has 0 saturated carbocycles. The van der Waals surface area contributed by atoms with Crippen LogP contribution >= 0.6 is 0 Å². The summed E-state index contributed by atoms with van der Waals surface area (Å²) in [7, 11) is -3.85. The summed E-state index contributed by atoms with van der Waals surface area (Å²) in [5, 5.41) is 0.980. The van der Waals surface area contributed by atoms with Crippen LogP contribution in [0.3, 0.4) is 0 Å². The second kappa shape index (κ2) is 5.58. The standard InChI is InChI=1S/C13H26O3Si2/c1-12(11-17-9-5-4-8-15-17)18(14)10-6-7-13(2,3)16-18/h14,17H,1,4-11H2,2-3H3. The fourth-order valence-electron chi connectivity index (χ4n) is 2.96. The molecule has 2 aliphatic heterocycles. The molecule has 2 atom stereocenters. The molecule has 0 aromatic rings. The van der Waals surface area contributed by atoms with Gasteiger partial charge in [-0.1, -0.05) is 13.0 Å². The molecule has 2 saturated heterocycles. The lowest BCUT2D eigenvalue weighted by Crippen LogP contribution is -2.52. The van der Waals surface area contributed by atoms with E-state index in [4.69, 9.17) is 8.85 Å². The minimum absolute atomic E-state index is 0.183. The third-order valence-corrected chi connectivity index (χ3v) is 10.4. The first-order chi connectivity index (χ1) is 8.41. The van der Waals surface area contributed by atoms with Gasteiger partial charge in [-0.15, -0.1) is 0 Å². The Bertz CT molecular complexity index is 313. The van der Waals surface area contributed by atoms with Gasteiger partial charge in [-0.3, -0.25) is 0 Å². The minimum Gasteiger partial charge on any atom is -0.420 e. The molecule has 2 unspecified atom stereocenters. The summed E-state index contributed by atoms with van der Waals surface area (Å²) in [6.45, 7) is 9.22. The van der Waals surface area contributed by atoms with Gasteiger partial charge in [-0.2, -0.15) is 0 Å². The van der Waals surface area contributed by atoms with Crippen molar-refractivity contribution in [2.75, 3.05) is 6.61 Å². The van der Waals surface area contributed by atoms with Crippen LogP contribution in [0, 0.1) is 0 Å². The topological polar surface area (TPSA) is 38.7 Å². The predicted molar refractivity (Wildman–Crippen MR) is 78.3 cm³/mol. The van der Waals surface area contributed by atoms with Crippen LogP contribution in [0.25, 0.3) is 0 Å². The van der Waals surface area contributed by atoms with Crippen molar-refractivity contribution in [3.05, 3.63) is 11.8 Å². The Hall–Kier alpha value is 0.0538. The van der Waals surface area contributed by atoms with Gasteiger partial charge in [-0.05, 0) is 56.4 Å². The Labute approximate surface area is 113 Å². The van der Waals surface area contributed by atoms with Crippen molar-refractivity contribution in [1.29, 1.82) is 0 Å². The van der Waals surface area contributed by atoms with Gasteiger partial charge < -0.3 is 13.6 Å². The summed E-state index contributed by atoms with van der Waals surface area (Å²) in [5.41, 5.74) is -0.183. The van der Waals surface area contributed by atoms with Crippen molar-refractivity contribution < 1.29 is 13.6 Å². The largest absolute Gasteiger partial charge is 0.420 e. The number of allylic oxidation sites excluding steroid dienone is 1. The summed E-state index contributed by atoms with van der Waals surface area (Å²) < 4.78 is 11.9. The van der Waals surface area contributed by atoms with Crippen molar-refractivity contribution in [3.63, 3.8) is 0 Å². The molecule has 18 heavy (non-hydrogen) atoms. The van der Waals surface area contributed by atoms with Crippen LogP contribution in [0.1, 0.15) is 39.5 Å². The fraction of sp³-hybridized carbons (Fsp3) is 0.846. The molecular weight excluding hydrogens is 260 g/mol. The zero-order valence-electron chi connectivity index (χ0n) is 11.7. The van der Waals surface area contributed by atoms with Crippen LogP contribution in [0.4, 0.5) is 0 Å². The van der Waals surface area contributed by atoms with Crippen LogP contribution in [0.15, 0.2) is 11.8 Å². The van der Waals surface area contributed by atoms with Gasteiger partial charge in [0, 0.05) is 6.61 Å². The molecular formula is C13H26O3Si2. The van der Waals surface area contributed by atoms with Crippen molar-refractivity contribution in [2.45, 2.75) is 63.3 Å². The average Bonchev–Trinajstić information content (AvgIpc) is 2.28. The molecule has 5 heteroatoms. The number of rotatable bonds is 3. The fourth-order valence-corrected chi connectivity index (χ4v) is 9.48. The van der Waals surface area contributed by atoms with E-state index < -0.39 is 17.6 Å². The highest BCUT2D eigenvalue weighted by Crippen LogP contribution is 2.36. The van der Waals surface area contributed by atoms with Gasteiger partial charge in [0.1, 0.15) is 0 Å². The molecule has 0 radical (unpaired) electrons. The Kier molecular flexibility index (Phi) is 4.49. The van der Waals surface area contributed by atoms with E-state index in [1.807, 2.05) is 0 Å². The predicted octanol–water partition coefficient (Wildman–Crippen LogP) is 2.64. The van der Waals surface area contributed by atoms with E-state index in [2.05, 4.69) is 20.4 Å². The number of hydrogen-bond acceptors (Lipinski definition) is 3. The zero-order chi connectivity index (χ0) is 13.2. The lowest BCUT2D eigenvalue weighted by Gasteiger charge is -2.41. The molecule has 2 aliphatic rings. The van der Waals surface area contributed by atoms with E-state index in [0.29, 0.717) is 0 Å². The SMILES string of the molecule is C=C(C[SiH]1CCCCO1)[Si]1(O)CCCC(C)(C)O1. The highest BCUT2D eigenvalue weighted by molar-refractivity contribution is 6.76. The summed E-state index contributed by atoms with van der Waals surface area (Å²) >= 11 is 0. The van der Waals surface area contributed by atoms with E-state index in [9.17, 15) is 4.80 Å². The highest BCUT2D eigenvalue weighted by Gasteiger charge is 2.45. The number of hydrogen-bond donors (Lipinski definition) is 1. The van der Waals surface area contributed by atoms with Crippen LogP contribution < -0.4 is 0 Å². The second-order valence-corrected chi connectivity index (χ2v) is 11.8. The van der Waals surface area contributed by atoms with E-state index in [1.54, 1.807) is 0 Å². The van der Waals surface area contributed by atoms with E-state index in [0.717, 1.165) is 36.7 Å². The maximum Gasteiger partial charge on any atom is 0.365 e. The normalized spacial score (nSPS) is 36.3. The van der Waals surface area contributed by atoms with Crippen LogP contribution in [-0.4, -0.2) is 34.6 Å². The molecule has 104 valence electrons. The monoisotopic (exact) mass is 286 g/mol. The first-order valence-corrected chi connectivity index (χ1v) is 11.3. The molecule has 2 heterocycles. The first-order valence-electron chi connectivity index (χ1n) is 7.14. The Morgan fingerprint density at radius 1 is 1.39 bits per heavy atom. The molecule has 0 aromatic heterocycles. The van der Waals surface area contributed by atoms with E-state index in [1.165, 1.54) is 18.9 Å². The van der Waals surface area contributed by atoms with Gasteiger partial charge in [0.15, 0.2) is 9.04 Å². The van der Waals surface area contributed by atoms with Gasteiger partial charge >= 0.3 is 8.56 Å². The smallest absolute Gasteiger partial charge is 0.365 e. The molecule has 1 N–H and O–H groups in total. The Morgan fingerprint density at radius 3 is 2.78 bits per heavy atom. The highest BCUT2D eigenvalue weighted by atomic mass is 28.4. The molecule has 3 nitrogen and oxygen atoms in total. The molecule has 0 bridgehead atoms. The van der Waals surface area contributed by atoms with Gasteiger partial charge in [-0.25, -0.2) is 0 Å². The molecule has 0 amide bonds. The molecule has 0 aliphatic carbocycles. The molecule has 2 fully saturated rings. The third kappa shape index (κ3) is 3.54. The lowest BCUT2D eigenvalue weighted by molar-refractivity contribution is 0.0435. The van der Waals surface area contributed by atoms with Crippen molar-refractivity contribution in [2.24, 2.45) is 0 Å². The maximum atomic E-state index is 10.8. The van der Waals surface area contributed by atoms with Crippen molar-refractivity contribution in [1.82, 2.24) is 0 Å². The maximum absolute atomic E-state index is 10.8. The molecule has 0 aromatic carbocycles. The average molecular weight is 287 g/mol. The summed E-state index contributed by atoms with van der Waals surface area (Å²) in [4.78, 5) is 10.8. The summed E-state index contributed by atoms with van der Waals surface area (Å²) in [6.07, 6.45) is 4.58. The van der Waals surface area contributed by atoms with E-state index >= 15 is 0 Å². The van der Waals surface area contributed by atoms with Crippen molar-refractivity contribution in [3.8, 4) is 0 Å². The van der Waals surface area contributed by atoms with Gasteiger partial charge in [0.05, 0.1) is 5.60 Å². The second-order valence-electron chi connectivity index (χ2n) is 6.30. The van der Waals surface area contributed by atoms with Gasteiger partial charge in [0.2, 0.25) is 0 Å². The van der Waals surface area contributed by atoms with Crippen LogP contribution in [-0.2, 0) is 8.85 Å². The lowest BCUT2D eigenvalue weighted by atomic mass is 10.0. The van der Waals surface area contributed by atoms with Crippen LogP contribution in [0.5, 0.6) is 0 Å². The molecule has 2 rings (SSSR count). The quantitative estimate of drug-likeness (QED) is 0.811. The third-order valence-electron chi connectivity index (χ3n) is 4.04. The summed E-state index contributed by atoms with van der Waals surface area (Å²) in [5.74, 6) is 0. The van der Waals surface area contributed by atoms with Gasteiger partial charge in [0.25, 0.3) is 0 Å². The minimum atomic E-state index is -2.70. The molecule has 0 spiro atoms. The summed E-state index contributed by atoms with van der Waals surface area (Å²) in [6, 6.07) is 2.96. The Morgan fingerprint density at radius 2 is 2.17 bits per heavy atom. The van der Waals surface area contributed by atoms with Crippen LogP contribution in [0.2, 0.25) is 18.1 Å². The Balaban J connectivity index is 1.94. The van der Waals surface area contributed by atoms with Crippen molar-refractivity contribution >= 4 is 17.6 Å². The zero-order valence-corrected chi connectivity index (χ0v) is 13.9.